The van der Waals surface area contributed by atoms with Gasteiger partial charge in [-0.2, -0.15) is 0 Å². The van der Waals surface area contributed by atoms with Crippen molar-refractivity contribution >= 4 is 0 Å². The Morgan fingerprint density at radius 2 is 2.33 bits per heavy atom. The Bertz CT molecular complexity index is 307. The predicted molar refractivity (Wildman–Crippen MR) is 56.7 cm³/mol. The van der Waals surface area contributed by atoms with Crippen LogP contribution < -0.4 is 4.74 Å². The first-order valence-corrected chi connectivity index (χ1v) is 5.26. The number of aliphatic hydroxyl groups excluding tert-OH is 1. The number of pyridine rings is 1. The second-order valence-electron chi connectivity index (χ2n) is 3.74. The van der Waals surface area contributed by atoms with E-state index in [2.05, 4.69) is 16.8 Å². The highest BCUT2D eigenvalue weighted by molar-refractivity contribution is 5.20. The molecular weight excluding hydrogens is 192 g/mol. The Morgan fingerprint density at radius 3 is 2.87 bits per heavy atom. The van der Waals surface area contributed by atoms with Crippen molar-refractivity contribution in [1.29, 1.82) is 0 Å². The average molecular weight is 208 g/mol. The molecule has 15 heavy (non-hydrogen) atoms. The molecule has 4 heteroatoms. The molecule has 1 saturated heterocycles. The second-order valence-corrected chi connectivity index (χ2v) is 3.74. The molecule has 0 radical (unpaired) electrons. The summed E-state index contributed by atoms with van der Waals surface area (Å²) in [7, 11) is 0. The van der Waals surface area contributed by atoms with E-state index in [1.807, 2.05) is 6.07 Å². The van der Waals surface area contributed by atoms with E-state index in [-0.39, 0.29) is 6.61 Å². The van der Waals surface area contributed by atoms with Gasteiger partial charge >= 0.3 is 0 Å². The number of nitrogens with zero attached hydrogens (tertiary/aromatic N) is 2. The number of likely N-dealkylation sites (N-methyl/N-ethyl adjacent to an activating group) is 1. The molecule has 1 aliphatic heterocycles. The lowest BCUT2D eigenvalue weighted by Crippen LogP contribution is -2.53. The Labute approximate surface area is 89.5 Å². The van der Waals surface area contributed by atoms with E-state index in [0.717, 1.165) is 25.4 Å². The van der Waals surface area contributed by atoms with Crippen LogP contribution in [0.15, 0.2) is 18.3 Å². The minimum Gasteiger partial charge on any atom is -0.486 e. The summed E-state index contributed by atoms with van der Waals surface area (Å²) >= 11 is 0. The minimum atomic E-state index is -0.0205. The molecule has 82 valence electrons. The maximum Gasteiger partial charge on any atom is 0.138 e. The largest absolute Gasteiger partial charge is 0.486 e. The molecule has 4 nitrogen and oxygen atoms in total. The van der Waals surface area contributed by atoms with Crippen LogP contribution in [0.3, 0.4) is 0 Å². The highest BCUT2D eigenvalue weighted by atomic mass is 16.5. The van der Waals surface area contributed by atoms with Gasteiger partial charge in [0, 0.05) is 13.1 Å². The molecule has 2 heterocycles. The minimum absolute atomic E-state index is 0.0205. The molecule has 0 aliphatic carbocycles. The van der Waals surface area contributed by atoms with E-state index >= 15 is 0 Å². The number of likely N-dealkylation sites (tertiary alicyclic amines) is 1. The molecule has 1 N–H and O–H groups in total. The Morgan fingerprint density at radius 1 is 1.53 bits per heavy atom. The summed E-state index contributed by atoms with van der Waals surface area (Å²) in [6, 6.07) is 3.64. The number of ether oxygens (including phenoxy) is 1. The molecule has 2 rings (SSSR count). The maximum absolute atomic E-state index is 8.82. The fourth-order valence-electron chi connectivity index (χ4n) is 1.62. The third-order valence-electron chi connectivity index (χ3n) is 2.63. The van der Waals surface area contributed by atoms with Gasteiger partial charge in [-0.05, 0) is 18.7 Å². The van der Waals surface area contributed by atoms with Gasteiger partial charge in [0.1, 0.15) is 11.9 Å². The number of hydrogen-bond donors (Lipinski definition) is 1. The highest BCUT2D eigenvalue weighted by Gasteiger charge is 2.26. The van der Waals surface area contributed by atoms with E-state index < -0.39 is 0 Å². The lowest BCUT2D eigenvalue weighted by molar-refractivity contribution is 0.0236. The summed E-state index contributed by atoms with van der Waals surface area (Å²) < 4.78 is 5.70. The Balaban J connectivity index is 1.84. The molecule has 1 aliphatic rings. The van der Waals surface area contributed by atoms with Gasteiger partial charge in [-0.1, -0.05) is 6.92 Å². The van der Waals surface area contributed by atoms with Crippen molar-refractivity contribution in [2.75, 3.05) is 19.6 Å². The van der Waals surface area contributed by atoms with Crippen molar-refractivity contribution < 1.29 is 9.84 Å². The van der Waals surface area contributed by atoms with Crippen molar-refractivity contribution in [2.45, 2.75) is 19.6 Å². The van der Waals surface area contributed by atoms with Gasteiger partial charge in [0.15, 0.2) is 0 Å². The first kappa shape index (κ1) is 10.4. The maximum atomic E-state index is 8.82. The number of aromatic nitrogens is 1. The zero-order chi connectivity index (χ0) is 10.7. The molecule has 0 unspecified atom stereocenters. The third kappa shape index (κ3) is 2.46. The molecule has 1 fully saturated rings. The normalized spacial score (nSPS) is 17.5. The van der Waals surface area contributed by atoms with Gasteiger partial charge in [-0.15, -0.1) is 0 Å². The first-order chi connectivity index (χ1) is 7.31. The number of hydrogen-bond acceptors (Lipinski definition) is 4. The summed E-state index contributed by atoms with van der Waals surface area (Å²) in [5, 5.41) is 8.82. The quantitative estimate of drug-likeness (QED) is 0.789. The summed E-state index contributed by atoms with van der Waals surface area (Å²) in [6.07, 6.45) is 1.96. The molecule has 0 aromatic carbocycles. The molecule has 0 amide bonds. The molecular formula is C11H16N2O2. The number of aliphatic hydroxyl groups is 1. The molecule has 0 atom stereocenters. The molecule has 1 aromatic heterocycles. The van der Waals surface area contributed by atoms with Crippen LogP contribution in [-0.2, 0) is 6.61 Å². The summed E-state index contributed by atoms with van der Waals surface area (Å²) in [5.74, 6) is 0.785. The zero-order valence-corrected chi connectivity index (χ0v) is 8.89. The lowest BCUT2D eigenvalue weighted by Gasteiger charge is -2.38. The summed E-state index contributed by atoms with van der Waals surface area (Å²) in [4.78, 5) is 6.38. The zero-order valence-electron chi connectivity index (χ0n) is 8.89. The topological polar surface area (TPSA) is 45.6 Å². The highest BCUT2D eigenvalue weighted by Crippen LogP contribution is 2.16. The van der Waals surface area contributed by atoms with E-state index in [4.69, 9.17) is 9.84 Å². The van der Waals surface area contributed by atoms with Crippen LogP contribution in [0.2, 0.25) is 0 Å². The van der Waals surface area contributed by atoms with E-state index in [0.29, 0.717) is 11.8 Å². The lowest BCUT2D eigenvalue weighted by atomic mass is 10.2. The van der Waals surface area contributed by atoms with Gasteiger partial charge < -0.3 is 9.84 Å². The van der Waals surface area contributed by atoms with E-state index in [1.165, 1.54) is 0 Å². The average Bonchev–Trinajstić information content (AvgIpc) is 2.23. The van der Waals surface area contributed by atoms with Crippen molar-refractivity contribution in [1.82, 2.24) is 9.88 Å². The van der Waals surface area contributed by atoms with Crippen LogP contribution in [-0.4, -0.2) is 40.7 Å². The third-order valence-corrected chi connectivity index (χ3v) is 2.63. The van der Waals surface area contributed by atoms with Gasteiger partial charge in [0.05, 0.1) is 18.5 Å². The summed E-state index contributed by atoms with van der Waals surface area (Å²) in [6.45, 7) is 5.21. The monoisotopic (exact) mass is 208 g/mol. The predicted octanol–water partition coefficient (Wildman–Crippen LogP) is 0.657. The SMILES string of the molecule is CCN1CC(Oc2ccc(CO)nc2)C1. The van der Waals surface area contributed by atoms with Crippen LogP contribution in [0.1, 0.15) is 12.6 Å². The molecule has 0 bridgehead atoms. The molecule has 0 saturated carbocycles. The van der Waals surface area contributed by atoms with Gasteiger partial charge in [0.2, 0.25) is 0 Å². The van der Waals surface area contributed by atoms with Gasteiger partial charge in [-0.3, -0.25) is 9.88 Å². The van der Waals surface area contributed by atoms with Crippen molar-refractivity contribution in [2.24, 2.45) is 0 Å². The summed E-state index contributed by atoms with van der Waals surface area (Å²) in [5.41, 5.74) is 0.672. The van der Waals surface area contributed by atoms with E-state index in [9.17, 15) is 0 Å². The van der Waals surface area contributed by atoms with Gasteiger partial charge in [0.25, 0.3) is 0 Å². The number of rotatable bonds is 4. The van der Waals surface area contributed by atoms with E-state index in [1.54, 1.807) is 12.3 Å². The van der Waals surface area contributed by atoms with Crippen LogP contribution in [0, 0.1) is 0 Å². The Hall–Kier alpha value is -1.13. The smallest absolute Gasteiger partial charge is 0.138 e. The molecule has 0 spiro atoms. The first-order valence-electron chi connectivity index (χ1n) is 5.26. The van der Waals surface area contributed by atoms with Crippen LogP contribution in [0.4, 0.5) is 0 Å². The van der Waals surface area contributed by atoms with Crippen LogP contribution in [0.25, 0.3) is 0 Å². The fraction of sp³-hybridized carbons (Fsp3) is 0.545. The van der Waals surface area contributed by atoms with Crippen molar-refractivity contribution in [3.8, 4) is 5.75 Å². The molecule has 1 aromatic rings. The van der Waals surface area contributed by atoms with Crippen molar-refractivity contribution in [3.05, 3.63) is 24.0 Å². The fourth-order valence-corrected chi connectivity index (χ4v) is 1.62. The van der Waals surface area contributed by atoms with Gasteiger partial charge in [-0.25, -0.2) is 0 Å². The Kier molecular flexibility index (Phi) is 3.18. The van der Waals surface area contributed by atoms with Crippen molar-refractivity contribution in [3.63, 3.8) is 0 Å². The second kappa shape index (κ2) is 4.59. The standard InChI is InChI=1S/C11H16N2O2/c1-2-13-6-11(7-13)15-10-4-3-9(8-14)12-5-10/h3-5,11,14H,2,6-8H2,1H3. The van der Waals surface area contributed by atoms with Crippen LogP contribution >= 0.6 is 0 Å². The van der Waals surface area contributed by atoms with Crippen LogP contribution in [0.5, 0.6) is 5.75 Å².